The van der Waals surface area contributed by atoms with Gasteiger partial charge in [-0.05, 0) is 51.8 Å². The Morgan fingerprint density at radius 2 is 1.97 bits per heavy atom. The van der Waals surface area contributed by atoms with Gasteiger partial charge >= 0.3 is 0 Å². The summed E-state index contributed by atoms with van der Waals surface area (Å²) >= 11 is 0. The normalized spacial score (nSPS) is 11.5. The second-order valence-corrected chi connectivity index (χ2v) is 7.88. The first-order valence-electron chi connectivity index (χ1n) is 10.3. The van der Waals surface area contributed by atoms with E-state index in [1.54, 1.807) is 27.6 Å². The van der Waals surface area contributed by atoms with Crippen molar-refractivity contribution >= 4 is 22.6 Å². The fourth-order valence-electron chi connectivity index (χ4n) is 3.82. The summed E-state index contributed by atoms with van der Waals surface area (Å²) in [6.45, 7) is 8.04. The van der Waals surface area contributed by atoms with E-state index in [9.17, 15) is 9.59 Å². The number of carbonyl (C=O) groups is 1. The van der Waals surface area contributed by atoms with Gasteiger partial charge in [-0.15, -0.1) is 0 Å². The zero-order chi connectivity index (χ0) is 22.1. The van der Waals surface area contributed by atoms with Crippen molar-refractivity contribution in [2.24, 2.45) is 0 Å². The second kappa shape index (κ2) is 8.25. The Morgan fingerprint density at radius 3 is 2.74 bits per heavy atom. The Kier molecular flexibility index (Phi) is 5.50. The molecule has 0 spiro atoms. The van der Waals surface area contributed by atoms with Crippen molar-refractivity contribution in [2.45, 2.75) is 53.1 Å². The van der Waals surface area contributed by atoms with E-state index < -0.39 is 0 Å². The summed E-state index contributed by atoms with van der Waals surface area (Å²) in [5.74, 6) is 1.02. The Bertz CT molecular complexity index is 1320. The first-order valence-corrected chi connectivity index (χ1v) is 10.3. The molecule has 0 fully saturated rings. The molecule has 3 heterocycles. The molecular weight excluding hydrogens is 394 g/mol. The molecule has 4 aromatic rings. The van der Waals surface area contributed by atoms with Gasteiger partial charge in [0.25, 0.3) is 11.3 Å². The van der Waals surface area contributed by atoms with Gasteiger partial charge in [-0.2, -0.15) is 10.1 Å². The third kappa shape index (κ3) is 4.03. The number of aromatic nitrogens is 6. The Labute approximate surface area is 179 Å². The van der Waals surface area contributed by atoms with Crippen LogP contribution < -0.4 is 5.56 Å². The number of aryl methyl sites for hydroxylation is 2. The Hall–Kier alpha value is -3.62. The molecule has 9 heteroatoms. The number of nitrogens with zero attached hydrogens (tertiary/aromatic N) is 6. The zero-order valence-electron chi connectivity index (χ0n) is 18.1. The maximum atomic E-state index is 13.1. The van der Waals surface area contributed by atoms with Crippen molar-refractivity contribution in [2.75, 3.05) is 0 Å². The summed E-state index contributed by atoms with van der Waals surface area (Å²) in [6.07, 6.45) is 2.34. The van der Waals surface area contributed by atoms with Crippen LogP contribution in [0, 0.1) is 13.8 Å². The fraction of sp³-hybridized carbons (Fsp3) is 0.364. The van der Waals surface area contributed by atoms with Crippen LogP contribution in [0.1, 0.15) is 43.0 Å². The minimum Gasteiger partial charge on any atom is -0.333 e. The van der Waals surface area contributed by atoms with Gasteiger partial charge in [0.15, 0.2) is 0 Å². The number of amides is 1. The molecule has 1 N–H and O–H groups in total. The minimum absolute atomic E-state index is 0.0108. The molecule has 0 bridgehead atoms. The van der Waals surface area contributed by atoms with Crippen LogP contribution in [0.5, 0.6) is 0 Å². The lowest BCUT2D eigenvalue weighted by atomic mass is 10.1. The van der Waals surface area contributed by atoms with E-state index in [0.29, 0.717) is 35.3 Å². The monoisotopic (exact) mass is 419 g/mol. The second-order valence-electron chi connectivity index (χ2n) is 7.88. The van der Waals surface area contributed by atoms with Crippen molar-refractivity contribution in [3.63, 3.8) is 0 Å². The van der Waals surface area contributed by atoms with Gasteiger partial charge in [0.05, 0.1) is 17.4 Å². The van der Waals surface area contributed by atoms with Gasteiger partial charge in [-0.1, -0.05) is 12.1 Å². The zero-order valence-corrected chi connectivity index (χ0v) is 18.1. The highest BCUT2D eigenvalue weighted by molar-refractivity contribution is 5.78. The number of rotatable bonds is 6. The smallest absolute Gasteiger partial charge is 0.258 e. The quantitative estimate of drug-likeness (QED) is 0.514. The number of fused-ring (bicyclic) bond motifs is 2. The van der Waals surface area contributed by atoms with E-state index in [1.807, 2.05) is 33.8 Å². The van der Waals surface area contributed by atoms with Crippen molar-refractivity contribution in [3.8, 4) is 0 Å². The van der Waals surface area contributed by atoms with Crippen molar-refractivity contribution in [1.82, 2.24) is 34.4 Å². The number of para-hydroxylation sites is 1. The van der Waals surface area contributed by atoms with E-state index in [2.05, 4.69) is 25.0 Å². The van der Waals surface area contributed by atoms with Crippen molar-refractivity contribution in [3.05, 3.63) is 63.7 Å². The maximum Gasteiger partial charge on any atom is 0.258 e. The SMILES string of the molecule is Cc1nc2ncnn2c(C)c1CCC(=O)N(Cc1nc2ccccc2c(=O)[nH]1)C(C)C. The van der Waals surface area contributed by atoms with Crippen LogP contribution in [0.4, 0.5) is 0 Å². The Balaban J connectivity index is 1.54. The highest BCUT2D eigenvalue weighted by Gasteiger charge is 2.20. The van der Waals surface area contributed by atoms with E-state index in [4.69, 9.17) is 0 Å². The fourth-order valence-corrected chi connectivity index (χ4v) is 3.82. The van der Waals surface area contributed by atoms with Crippen LogP contribution in [0.25, 0.3) is 16.7 Å². The van der Waals surface area contributed by atoms with Crippen LogP contribution in [0.2, 0.25) is 0 Å². The average molecular weight is 419 g/mol. The minimum atomic E-state index is -0.199. The summed E-state index contributed by atoms with van der Waals surface area (Å²) in [5, 5.41) is 4.74. The molecule has 0 radical (unpaired) electrons. The largest absolute Gasteiger partial charge is 0.333 e. The van der Waals surface area contributed by atoms with E-state index >= 15 is 0 Å². The van der Waals surface area contributed by atoms with Gasteiger partial charge in [0.2, 0.25) is 5.91 Å². The third-order valence-corrected chi connectivity index (χ3v) is 5.50. The number of benzene rings is 1. The van der Waals surface area contributed by atoms with E-state index in [0.717, 1.165) is 17.0 Å². The van der Waals surface area contributed by atoms with Gasteiger partial charge in [-0.3, -0.25) is 9.59 Å². The van der Waals surface area contributed by atoms with Crippen molar-refractivity contribution in [1.29, 1.82) is 0 Å². The van der Waals surface area contributed by atoms with E-state index in [-0.39, 0.29) is 24.1 Å². The molecule has 0 aliphatic carbocycles. The molecule has 3 aromatic heterocycles. The predicted molar refractivity (Wildman–Crippen MR) is 117 cm³/mol. The highest BCUT2D eigenvalue weighted by Crippen LogP contribution is 2.17. The maximum absolute atomic E-state index is 13.1. The lowest BCUT2D eigenvalue weighted by molar-refractivity contribution is -0.133. The summed E-state index contributed by atoms with van der Waals surface area (Å²) in [6, 6.07) is 7.14. The Morgan fingerprint density at radius 1 is 1.19 bits per heavy atom. The molecule has 0 atom stereocenters. The average Bonchev–Trinajstić information content (AvgIpc) is 3.20. The van der Waals surface area contributed by atoms with E-state index in [1.165, 1.54) is 6.33 Å². The molecule has 0 unspecified atom stereocenters. The summed E-state index contributed by atoms with van der Waals surface area (Å²) in [5.41, 5.74) is 3.20. The molecule has 1 aromatic carbocycles. The third-order valence-electron chi connectivity index (χ3n) is 5.50. The lowest BCUT2D eigenvalue weighted by Gasteiger charge is -2.26. The number of carbonyl (C=O) groups excluding carboxylic acids is 1. The van der Waals surface area contributed by atoms with Gasteiger partial charge in [0.1, 0.15) is 12.2 Å². The van der Waals surface area contributed by atoms with Crippen molar-refractivity contribution < 1.29 is 4.79 Å². The lowest BCUT2D eigenvalue weighted by Crippen LogP contribution is -2.37. The van der Waals surface area contributed by atoms with Crippen LogP contribution in [-0.2, 0) is 17.8 Å². The molecule has 4 rings (SSSR count). The van der Waals surface area contributed by atoms with Gasteiger partial charge < -0.3 is 9.88 Å². The molecule has 9 nitrogen and oxygen atoms in total. The first-order chi connectivity index (χ1) is 14.8. The summed E-state index contributed by atoms with van der Waals surface area (Å²) in [7, 11) is 0. The molecule has 0 aliphatic heterocycles. The van der Waals surface area contributed by atoms with Crippen LogP contribution in [0.15, 0.2) is 35.4 Å². The van der Waals surface area contributed by atoms with Crippen LogP contribution in [0.3, 0.4) is 0 Å². The number of H-pyrrole nitrogens is 1. The number of nitrogens with one attached hydrogen (secondary N) is 1. The molecule has 1 amide bonds. The molecule has 160 valence electrons. The predicted octanol–water partition coefficient (Wildman–Crippen LogP) is 2.35. The molecule has 0 saturated heterocycles. The summed E-state index contributed by atoms with van der Waals surface area (Å²) in [4.78, 5) is 43.2. The number of hydrogen-bond acceptors (Lipinski definition) is 6. The topological polar surface area (TPSA) is 109 Å². The summed E-state index contributed by atoms with van der Waals surface area (Å²) < 4.78 is 1.69. The highest BCUT2D eigenvalue weighted by atomic mass is 16.2. The van der Waals surface area contributed by atoms with Crippen LogP contribution >= 0.6 is 0 Å². The van der Waals surface area contributed by atoms with Gasteiger partial charge in [0, 0.05) is 23.9 Å². The standard InChI is InChI=1S/C22H25N7O2/c1-13(2)28(11-19-26-18-8-6-5-7-17(18)21(31)27-19)20(30)10-9-16-14(3)25-22-23-12-24-29(22)15(16)4/h5-8,12-13H,9-11H2,1-4H3,(H,26,27,31). The number of hydrogen-bond donors (Lipinski definition) is 1. The first kappa shape index (κ1) is 20.6. The number of aromatic amines is 1. The molecular formula is C22H25N7O2. The van der Waals surface area contributed by atoms with Crippen LogP contribution in [-0.4, -0.2) is 46.4 Å². The molecule has 31 heavy (non-hydrogen) atoms. The van der Waals surface area contributed by atoms with Gasteiger partial charge in [-0.25, -0.2) is 14.5 Å². The molecule has 0 saturated carbocycles. The molecule has 0 aliphatic rings.